The van der Waals surface area contributed by atoms with Crippen LogP contribution in [0.4, 0.5) is 5.69 Å². The minimum absolute atomic E-state index is 0.0858. The van der Waals surface area contributed by atoms with E-state index in [9.17, 15) is 4.79 Å². The van der Waals surface area contributed by atoms with Crippen molar-refractivity contribution in [2.45, 2.75) is 20.3 Å². The van der Waals surface area contributed by atoms with Gasteiger partial charge in [-0.25, -0.2) is 0 Å². The quantitative estimate of drug-likeness (QED) is 0.919. The molecule has 1 aromatic carbocycles. The molecule has 0 saturated carbocycles. The molecule has 0 aliphatic rings. The molecule has 0 bridgehead atoms. The van der Waals surface area contributed by atoms with Crippen molar-refractivity contribution in [2.75, 3.05) is 12.4 Å². The molecule has 1 aromatic heterocycles. The fraction of sp³-hybridized carbons (Fsp3) is 0.267. The number of methoxy groups -OCH3 is 1. The lowest BCUT2D eigenvalue weighted by atomic mass is 10.2. The molecule has 0 fully saturated rings. The van der Waals surface area contributed by atoms with Crippen LogP contribution in [0.25, 0.3) is 0 Å². The highest BCUT2D eigenvalue weighted by Crippen LogP contribution is 2.26. The summed E-state index contributed by atoms with van der Waals surface area (Å²) in [6.45, 7) is 4.13. The number of rotatable bonds is 4. The number of aryl methyl sites for hydroxylation is 2. The fourth-order valence-electron chi connectivity index (χ4n) is 1.91. The van der Waals surface area contributed by atoms with E-state index >= 15 is 0 Å². The summed E-state index contributed by atoms with van der Waals surface area (Å²) in [7, 11) is 1.59. The van der Waals surface area contributed by atoms with Crippen LogP contribution in [-0.4, -0.2) is 13.0 Å². The van der Waals surface area contributed by atoms with Gasteiger partial charge >= 0.3 is 0 Å². The molecule has 100 valence electrons. The van der Waals surface area contributed by atoms with Crippen LogP contribution in [0.3, 0.4) is 0 Å². The third-order valence-electron chi connectivity index (χ3n) is 2.92. The summed E-state index contributed by atoms with van der Waals surface area (Å²) in [6.07, 6.45) is 0.957. The van der Waals surface area contributed by atoms with Gasteiger partial charge < -0.3 is 10.1 Å². The van der Waals surface area contributed by atoms with E-state index in [4.69, 9.17) is 4.74 Å². The standard InChI is InChI=1S/C15H17NO2S/c1-4-13-10(2)9-14(19-13)15(17)16-11-7-5-6-8-12(11)18-3/h5-9H,4H2,1-3H3,(H,16,17). The third-order valence-corrected chi connectivity index (χ3v) is 4.30. The molecule has 0 aliphatic carbocycles. The molecule has 2 rings (SSSR count). The predicted molar refractivity (Wildman–Crippen MR) is 79.4 cm³/mol. The maximum Gasteiger partial charge on any atom is 0.265 e. The van der Waals surface area contributed by atoms with Crippen LogP contribution in [0.2, 0.25) is 0 Å². The van der Waals surface area contributed by atoms with Gasteiger partial charge in [0.25, 0.3) is 5.91 Å². The molecule has 0 saturated heterocycles. The Balaban J connectivity index is 2.20. The van der Waals surface area contributed by atoms with Gasteiger partial charge in [0.15, 0.2) is 0 Å². The second-order valence-corrected chi connectivity index (χ2v) is 5.36. The number of anilines is 1. The maximum atomic E-state index is 12.2. The van der Waals surface area contributed by atoms with Crippen LogP contribution in [0.1, 0.15) is 27.0 Å². The van der Waals surface area contributed by atoms with Gasteiger partial charge in [-0.15, -0.1) is 11.3 Å². The number of nitrogens with one attached hydrogen (secondary N) is 1. The number of carbonyl (C=O) groups is 1. The molecule has 1 heterocycles. The lowest BCUT2D eigenvalue weighted by molar-refractivity contribution is 0.103. The molecule has 4 heteroatoms. The maximum absolute atomic E-state index is 12.2. The zero-order valence-electron chi connectivity index (χ0n) is 11.3. The zero-order chi connectivity index (χ0) is 13.8. The normalized spacial score (nSPS) is 10.3. The van der Waals surface area contributed by atoms with Crippen LogP contribution in [0.5, 0.6) is 5.75 Å². The lowest BCUT2D eigenvalue weighted by Gasteiger charge is -2.08. The Bertz CT molecular complexity index is 590. The first kappa shape index (κ1) is 13.6. The topological polar surface area (TPSA) is 38.3 Å². The summed E-state index contributed by atoms with van der Waals surface area (Å²) in [5, 5.41) is 2.89. The Morgan fingerprint density at radius 1 is 1.37 bits per heavy atom. The molecular weight excluding hydrogens is 258 g/mol. The predicted octanol–water partition coefficient (Wildman–Crippen LogP) is 3.88. The molecule has 0 spiro atoms. The second-order valence-electron chi connectivity index (χ2n) is 4.22. The van der Waals surface area contributed by atoms with Crippen LogP contribution in [0.15, 0.2) is 30.3 Å². The van der Waals surface area contributed by atoms with Crippen molar-refractivity contribution in [1.82, 2.24) is 0 Å². The first-order valence-corrected chi connectivity index (χ1v) is 7.01. The number of amides is 1. The Kier molecular flexibility index (Phi) is 4.22. The monoisotopic (exact) mass is 275 g/mol. The van der Waals surface area contributed by atoms with Gasteiger partial charge in [-0.3, -0.25) is 4.79 Å². The molecule has 2 aromatic rings. The van der Waals surface area contributed by atoms with Gasteiger partial charge in [0.1, 0.15) is 5.75 Å². The van der Waals surface area contributed by atoms with Crippen LogP contribution in [0, 0.1) is 6.92 Å². The Morgan fingerprint density at radius 3 is 2.74 bits per heavy atom. The van der Waals surface area contributed by atoms with Crippen molar-refractivity contribution in [3.05, 3.63) is 45.6 Å². The molecule has 0 aliphatic heterocycles. The number of benzene rings is 1. The molecule has 0 unspecified atom stereocenters. The number of hydrogen-bond donors (Lipinski definition) is 1. The smallest absolute Gasteiger partial charge is 0.265 e. The van der Waals surface area contributed by atoms with E-state index in [1.165, 1.54) is 10.4 Å². The number of para-hydroxylation sites is 2. The number of ether oxygens (including phenoxy) is 1. The molecular formula is C15H17NO2S. The molecule has 19 heavy (non-hydrogen) atoms. The van der Waals surface area contributed by atoms with Crippen molar-refractivity contribution >= 4 is 22.9 Å². The van der Waals surface area contributed by atoms with Gasteiger partial charge in [-0.05, 0) is 37.1 Å². The van der Waals surface area contributed by atoms with Crippen molar-refractivity contribution in [3.8, 4) is 5.75 Å². The lowest BCUT2D eigenvalue weighted by Crippen LogP contribution is -2.10. The zero-order valence-corrected chi connectivity index (χ0v) is 12.1. The van der Waals surface area contributed by atoms with E-state index in [0.717, 1.165) is 11.3 Å². The van der Waals surface area contributed by atoms with Crippen LogP contribution in [-0.2, 0) is 6.42 Å². The Morgan fingerprint density at radius 2 is 2.11 bits per heavy atom. The third kappa shape index (κ3) is 2.96. The summed E-state index contributed by atoms with van der Waals surface area (Å²) < 4.78 is 5.22. The molecule has 1 N–H and O–H groups in total. The molecule has 1 amide bonds. The van der Waals surface area contributed by atoms with Crippen molar-refractivity contribution in [3.63, 3.8) is 0 Å². The van der Waals surface area contributed by atoms with E-state index in [1.54, 1.807) is 18.4 Å². The van der Waals surface area contributed by atoms with Crippen LogP contribution >= 0.6 is 11.3 Å². The first-order valence-electron chi connectivity index (χ1n) is 6.19. The summed E-state index contributed by atoms with van der Waals surface area (Å²) in [5.41, 5.74) is 1.87. The summed E-state index contributed by atoms with van der Waals surface area (Å²) in [5.74, 6) is 0.581. The fourth-order valence-corrected chi connectivity index (χ4v) is 2.92. The second kappa shape index (κ2) is 5.89. The van der Waals surface area contributed by atoms with Gasteiger partial charge in [0.2, 0.25) is 0 Å². The van der Waals surface area contributed by atoms with Crippen molar-refractivity contribution in [2.24, 2.45) is 0 Å². The Hall–Kier alpha value is -1.81. The Labute approximate surface area is 117 Å². The highest BCUT2D eigenvalue weighted by Gasteiger charge is 2.13. The largest absolute Gasteiger partial charge is 0.495 e. The number of hydrogen-bond acceptors (Lipinski definition) is 3. The highest BCUT2D eigenvalue weighted by atomic mass is 32.1. The SMILES string of the molecule is CCc1sc(C(=O)Nc2ccccc2OC)cc1C. The molecule has 0 radical (unpaired) electrons. The van der Waals surface area contributed by atoms with Gasteiger partial charge in [-0.1, -0.05) is 19.1 Å². The van der Waals surface area contributed by atoms with Gasteiger partial charge in [0.05, 0.1) is 17.7 Å². The highest BCUT2D eigenvalue weighted by molar-refractivity contribution is 7.14. The molecule has 3 nitrogen and oxygen atoms in total. The number of carbonyl (C=O) groups excluding carboxylic acids is 1. The van der Waals surface area contributed by atoms with Gasteiger partial charge in [0, 0.05) is 4.88 Å². The average Bonchev–Trinajstić information content (AvgIpc) is 2.80. The summed E-state index contributed by atoms with van der Waals surface area (Å²) in [6, 6.07) is 9.34. The molecule has 0 atom stereocenters. The van der Waals surface area contributed by atoms with E-state index in [1.807, 2.05) is 37.3 Å². The van der Waals surface area contributed by atoms with Crippen molar-refractivity contribution < 1.29 is 9.53 Å². The summed E-state index contributed by atoms with van der Waals surface area (Å²) >= 11 is 1.55. The van der Waals surface area contributed by atoms with Crippen molar-refractivity contribution in [1.29, 1.82) is 0 Å². The first-order chi connectivity index (χ1) is 9.15. The minimum Gasteiger partial charge on any atom is -0.495 e. The average molecular weight is 275 g/mol. The van der Waals surface area contributed by atoms with E-state index in [2.05, 4.69) is 12.2 Å². The van der Waals surface area contributed by atoms with Gasteiger partial charge in [-0.2, -0.15) is 0 Å². The van der Waals surface area contributed by atoms with E-state index in [-0.39, 0.29) is 5.91 Å². The summed E-state index contributed by atoms with van der Waals surface area (Å²) in [4.78, 5) is 14.2. The minimum atomic E-state index is -0.0858. The van der Waals surface area contributed by atoms with E-state index in [0.29, 0.717) is 11.4 Å². The number of thiophene rings is 1. The van der Waals surface area contributed by atoms with E-state index < -0.39 is 0 Å². The van der Waals surface area contributed by atoms with Crippen LogP contribution < -0.4 is 10.1 Å².